The topological polar surface area (TPSA) is 15.3 Å². The van der Waals surface area contributed by atoms with Crippen molar-refractivity contribution in [3.8, 4) is 0 Å². The fourth-order valence-corrected chi connectivity index (χ4v) is 0.747. The molecule has 0 atom stereocenters. The van der Waals surface area contributed by atoms with Crippen LogP contribution in [0.25, 0.3) is 0 Å². The second-order valence-electron chi connectivity index (χ2n) is 2.58. The Morgan fingerprint density at radius 1 is 1.33 bits per heavy atom. The molecule has 2 nitrogen and oxygen atoms in total. The van der Waals surface area contributed by atoms with E-state index in [0.717, 1.165) is 0 Å². The first-order valence-electron chi connectivity index (χ1n) is 3.50. The molecule has 0 amide bonds. The molecule has 0 aliphatic rings. The van der Waals surface area contributed by atoms with E-state index in [1.54, 1.807) is 7.05 Å². The molecule has 0 unspecified atom stereocenters. The van der Waals surface area contributed by atoms with Crippen LogP contribution in [0.3, 0.4) is 0 Å². The van der Waals surface area contributed by atoms with Gasteiger partial charge in [0.25, 0.3) is 0 Å². The van der Waals surface area contributed by atoms with Crippen molar-refractivity contribution in [2.24, 2.45) is 0 Å². The summed E-state index contributed by atoms with van der Waals surface area (Å²) in [5.41, 5.74) is 0. The van der Waals surface area contributed by atoms with E-state index in [1.165, 1.54) is 11.9 Å². The predicted molar refractivity (Wildman–Crippen MR) is 40.5 cm³/mol. The summed E-state index contributed by atoms with van der Waals surface area (Å²) in [6.45, 7) is -3.65. The largest absolute Gasteiger partial charge is 1.00 e. The average Bonchev–Trinajstić information content (AvgIpc) is 1.79. The quantitative estimate of drug-likeness (QED) is 0.504. The predicted octanol–water partition coefficient (Wildman–Crippen LogP) is -2.47. The van der Waals surface area contributed by atoms with Crippen molar-refractivity contribution in [2.75, 3.05) is 33.6 Å². The number of hydrogen-bond donors (Lipinski definition) is 1. The van der Waals surface area contributed by atoms with Crippen LogP contribution in [-0.2, 0) is 0 Å². The summed E-state index contributed by atoms with van der Waals surface area (Å²) in [6.07, 6.45) is -0.776. The van der Waals surface area contributed by atoms with Gasteiger partial charge in [0, 0.05) is 13.1 Å². The van der Waals surface area contributed by atoms with Gasteiger partial charge in [0.15, 0.2) is 0 Å². The maximum absolute atomic E-state index is 11.7. The molecule has 0 heterocycles. The Kier molecular flexibility index (Phi) is 10.3. The van der Waals surface area contributed by atoms with Crippen molar-refractivity contribution < 1.29 is 64.3 Å². The first-order valence-corrected chi connectivity index (χ1v) is 3.50. The van der Waals surface area contributed by atoms with E-state index in [0.29, 0.717) is 13.1 Å². The SMILES string of the molecule is CNCCN(C)C[B-](F)(F)F.[K+]. The molecule has 12 heavy (non-hydrogen) atoms. The van der Waals surface area contributed by atoms with Gasteiger partial charge < -0.3 is 23.2 Å². The van der Waals surface area contributed by atoms with E-state index in [9.17, 15) is 12.9 Å². The van der Waals surface area contributed by atoms with Crippen LogP contribution < -0.4 is 56.7 Å². The number of rotatable bonds is 5. The fourth-order valence-electron chi connectivity index (χ4n) is 0.747. The standard InChI is InChI=1S/C5H13BF3N2.K/c1-10-3-4-11(2)5-6(7,8)9;/h10H,3-5H2,1-2H3;/q-1;+1. The first-order chi connectivity index (χ1) is 4.95. The van der Waals surface area contributed by atoms with Crippen molar-refractivity contribution in [3.05, 3.63) is 0 Å². The summed E-state index contributed by atoms with van der Waals surface area (Å²) < 4.78 is 35.2. The van der Waals surface area contributed by atoms with E-state index in [2.05, 4.69) is 5.32 Å². The van der Waals surface area contributed by atoms with Gasteiger partial charge in [0.1, 0.15) is 0 Å². The Morgan fingerprint density at radius 2 is 1.83 bits per heavy atom. The Morgan fingerprint density at radius 3 is 2.17 bits per heavy atom. The van der Waals surface area contributed by atoms with Crippen LogP contribution in [-0.4, -0.2) is 45.5 Å². The van der Waals surface area contributed by atoms with Crippen molar-refractivity contribution in [2.45, 2.75) is 0 Å². The van der Waals surface area contributed by atoms with E-state index in [1.807, 2.05) is 0 Å². The van der Waals surface area contributed by atoms with E-state index < -0.39 is 13.4 Å². The molecule has 7 heteroatoms. The average molecular weight is 208 g/mol. The normalized spacial score (nSPS) is 11.5. The number of hydrogen-bond acceptors (Lipinski definition) is 2. The van der Waals surface area contributed by atoms with Crippen molar-refractivity contribution in [1.29, 1.82) is 0 Å². The Hall–Kier alpha value is 1.41. The van der Waals surface area contributed by atoms with Crippen LogP contribution in [0.5, 0.6) is 0 Å². The van der Waals surface area contributed by atoms with Gasteiger partial charge in [-0.2, -0.15) is 0 Å². The molecule has 1 N–H and O–H groups in total. The molecule has 0 rings (SSSR count). The summed E-state index contributed by atoms with van der Waals surface area (Å²) >= 11 is 0. The number of halogens is 3. The van der Waals surface area contributed by atoms with Crippen molar-refractivity contribution in [1.82, 2.24) is 10.2 Å². The van der Waals surface area contributed by atoms with E-state index >= 15 is 0 Å². The summed E-state index contributed by atoms with van der Waals surface area (Å²) in [7, 11) is 3.18. The number of likely N-dealkylation sites (N-methyl/N-ethyl adjacent to an activating group) is 2. The summed E-state index contributed by atoms with van der Waals surface area (Å²) in [5, 5.41) is 2.78. The summed E-state index contributed by atoms with van der Waals surface area (Å²) in [4.78, 5) is 1.26. The summed E-state index contributed by atoms with van der Waals surface area (Å²) in [6, 6.07) is 0. The molecule has 0 aromatic heterocycles. The molecule has 0 radical (unpaired) electrons. The second kappa shape index (κ2) is 7.78. The first kappa shape index (κ1) is 15.9. The van der Waals surface area contributed by atoms with Gasteiger partial charge in [-0.3, -0.25) is 0 Å². The molecular weight excluding hydrogens is 195 g/mol. The van der Waals surface area contributed by atoms with Crippen LogP contribution in [0.4, 0.5) is 12.9 Å². The number of nitrogens with zero attached hydrogens (tertiary/aromatic N) is 1. The maximum atomic E-state index is 11.7. The van der Waals surface area contributed by atoms with Crippen LogP contribution in [0.15, 0.2) is 0 Å². The van der Waals surface area contributed by atoms with Gasteiger partial charge >= 0.3 is 58.4 Å². The number of nitrogens with one attached hydrogen (secondary N) is 1. The van der Waals surface area contributed by atoms with Gasteiger partial charge in [-0.25, -0.2) is 0 Å². The molecule has 0 spiro atoms. The zero-order chi connectivity index (χ0) is 8.91. The van der Waals surface area contributed by atoms with Crippen LogP contribution in [0.1, 0.15) is 0 Å². The maximum Gasteiger partial charge on any atom is 1.00 e. The second-order valence-corrected chi connectivity index (χ2v) is 2.58. The zero-order valence-corrected chi connectivity index (χ0v) is 10.9. The van der Waals surface area contributed by atoms with Crippen molar-refractivity contribution in [3.63, 3.8) is 0 Å². The minimum absolute atomic E-state index is 0. The molecule has 0 fully saturated rings. The smallest absolute Gasteiger partial charge is 0.448 e. The minimum atomic E-state index is -4.66. The molecule has 0 aliphatic heterocycles. The van der Waals surface area contributed by atoms with Gasteiger partial charge in [-0.15, -0.1) is 0 Å². The Balaban J connectivity index is 0. The van der Waals surface area contributed by atoms with Crippen LogP contribution >= 0.6 is 0 Å². The van der Waals surface area contributed by atoms with Gasteiger partial charge in [0.2, 0.25) is 0 Å². The third kappa shape index (κ3) is 11.4. The van der Waals surface area contributed by atoms with Crippen LogP contribution in [0.2, 0.25) is 0 Å². The Bertz CT molecular complexity index is 111. The molecule has 0 bridgehead atoms. The fraction of sp³-hybridized carbons (Fsp3) is 1.00. The zero-order valence-electron chi connectivity index (χ0n) is 7.78. The molecule has 68 valence electrons. The summed E-state index contributed by atoms with van der Waals surface area (Å²) in [5.74, 6) is 0. The molecular formula is C5H13BF3KN2. The van der Waals surface area contributed by atoms with E-state index in [4.69, 9.17) is 0 Å². The molecule has 0 aromatic carbocycles. The van der Waals surface area contributed by atoms with Gasteiger partial charge in [-0.1, -0.05) is 0 Å². The van der Waals surface area contributed by atoms with Gasteiger partial charge in [-0.05, 0) is 20.5 Å². The van der Waals surface area contributed by atoms with Gasteiger partial charge in [0.05, 0.1) is 0 Å². The monoisotopic (exact) mass is 208 g/mol. The van der Waals surface area contributed by atoms with E-state index in [-0.39, 0.29) is 51.4 Å². The third-order valence-corrected chi connectivity index (χ3v) is 1.26. The molecule has 0 aliphatic carbocycles. The third-order valence-electron chi connectivity index (χ3n) is 1.26. The molecule has 0 saturated carbocycles. The minimum Gasteiger partial charge on any atom is -0.448 e. The van der Waals surface area contributed by atoms with Crippen molar-refractivity contribution >= 4 is 6.98 Å². The Labute approximate surface area is 114 Å². The molecule has 0 saturated heterocycles. The molecule has 0 aromatic rings. The van der Waals surface area contributed by atoms with Crippen LogP contribution in [0, 0.1) is 0 Å².